The van der Waals surface area contributed by atoms with Crippen LogP contribution in [0.1, 0.15) is 42.0 Å². The number of carbonyl (C=O) groups is 2. The van der Waals surface area contributed by atoms with Gasteiger partial charge in [-0.05, 0) is 66.8 Å². The quantitative estimate of drug-likeness (QED) is 0.485. The fraction of sp³-hybridized carbons (Fsp3) is 0.214. The van der Waals surface area contributed by atoms with E-state index in [0.29, 0.717) is 46.9 Å². The monoisotopic (exact) mass is 502 g/mol. The Labute approximate surface area is 211 Å². The number of amides is 1. The lowest BCUT2D eigenvalue weighted by Crippen LogP contribution is -2.37. The van der Waals surface area contributed by atoms with Crippen molar-refractivity contribution in [3.63, 3.8) is 0 Å². The summed E-state index contributed by atoms with van der Waals surface area (Å²) in [6, 6.07) is 15.2. The lowest BCUT2D eigenvalue weighted by Gasteiger charge is -2.36. The number of anilines is 1. The second-order valence-corrected chi connectivity index (χ2v) is 10.1. The van der Waals surface area contributed by atoms with E-state index < -0.39 is 5.92 Å². The maximum Gasteiger partial charge on any atom is 0.254 e. The van der Waals surface area contributed by atoms with Gasteiger partial charge in [-0.1, -0.05) is 12.1 Å². The summed E-state index contributed by atoms with van der Waals surface area (Å²) >= 11 is 1.65. The second-order valence-electron chi connectivity index (χ2n) is 9.11. The van der Waals surface area contributed by atoms with E-state index in [2.05, 4.69) is 16.7 Å². The Bertz CT molecular complexity index is 1430. The van der Waals surface area contributed by atoms with Crippen LogP contribution in [0.15, 0.2) is 82.5 Å². The van der Waals surface area contributed by atoms with Gasteiger partial charge in [0.15, 0.2) is 17.3 Å². The van der Waals surface area contributed by atoms with Crippen LogP contribution in [-0.2, 0) is 9.59 Å². The van der Waals surface area contributed by atoms with Crippen molar-refractivity contribution in [1.82, 2.24) is 5.32 Å². The number of fused-ring (bicyclic) bond motifs is 1. The molecule has 3 aliphatic rings. The molecule has 0 saturated heterocycles. The molecular formula is C28H23FN2O4S. The Hall–Kier alpha value is -3.91. The molecule has 0 bridgehead atoms. The van der Waals surface area contributed by atoms with Gasteiger partial charge in [-0.25, -0.2) is 4.39 Å². The first-order chi connectivity index (χ1) is 17.5. The van der Waals surface area contributed by atoms with Crippen LogP contribution in [-0.4, -0.2) is 18.5 Å². The summed E-state index contributed by atoms with van der Waals surface area (Å²) in [7, 11) is 0. The molecule has 1 aliphatic carbocycles. The topological polar surface area (TPSA) is 76.7 Å². The van der Waals surface area contributed by atoms with Crippen LogP contribution in [0.25, 0.3) is 0 Å². The molecule has 2 aromatic carbocycles. The summed E-state index contributed by atoms with van der Waals surface area (Å²) in [6.45, 7) is 1.98. The Kier molecular flexibility index (Phi) is 5.60. The van der Waals surface area contributed by atoms with Crippen molar-refractivity contribution in [2.75, 3.05) is 12.1 Å². The molecule has 3 aromatic rings. The largest absolute Gasteiger partial charge is 0.454 e. The normalized spacial score (nSPS) is 20.8. The molecule has 182 valence electrons. The third kappa shape index (κ3) is 3.97. The highest BCUT2D eigenvalue weighted by Gasteiger charge is 2.41. The summed E-state index contributed by atoms with van der Waals surface area (Å²) < 4.78 is 24.5. The third-order valence-corrected chi connectivity index (χ3v) is 7.88. The van der Waals surface area contributed by atoms with Gasteiger partial charge in [-0.15, -0.1) is 11.3 Å². The minimum atomic E-state index is -0.576. The molecule has 8 heteroatoms. The summed E-state index contributed by atoms with van der Waals surface area (Å²) in [4.78, 5) is 28.5. The summed E-state index contributed by atoms with van der Waals surface area (Å²) in [5.74, 6) is 0.0234. The molecule has 0 fully saturated rings. The number of rotatable bonds is 4. The Morgan fingerprint density at radius 3 is 2.67 bits per heavy atom. The number of allylic oxidation sites excluding steroid dienone is 3. The molecule has 2 atom stereocenters. The Balaban J connectivity index is 1.42. The number of halogens is 1. The zero-order valence-electron chi connectivity index (χ0n) is 19.5. The van der Waals surface area contributed by atoms with Crippen LogP contribution in [0, 0.1) is 5.82 Å². The van der Waals surface area contributed by atoms with E-state index in [1.807, 2.05) is 36.6 Å². The van der Waals surface area contributed by atoms with Gasteiger partial charge < -0.3 is 20.1 Å². The molecule has 1 amide bonds. The summed E-state index contributed by atoms with van der Waals surface area (Å²) in [5, 5.41) is 8.28. The molecule has 0 saturated carbocycles. The van der Waals surface area contributed by atoms with Crippen molar-refractivity contribution in [3.05, 3.63) is 98.8 Å². The van der Waals surface area contributed by atoms with E-state index in [-0.39, 0.29) is 30.2 Å². The average molecular weight is 503 g/mol. The number of nitrogens with one attached hydrogen (secondary N) is 2. The molecule has 2 aliphatic heterocycles. The van der Waals surface area contributed by atoms with Gasteiger partial charge in [0.05, 0.1) is 0 Å². The van der Waals surface area contributed by atoms with Crippen molar-refractivity contribution in [1.29, 1.82) is 0 Å². The number of thiophene rings is 1. The zero-order valence-corrected chi connectivity index (χ0v) is 20.3. The minimum Gasteiger partial charge on any atom is -0.454 e. The Morgan fingerprint density at radius 1 is 1.08 bits per heavy atom. The average Bonchev–Trinajstić information content (AvgIpc) is 3.56. The Morgan fingerprint density at radius 2 is 1.89 bits per heavy atom. The lowest BCUT2D eigenvalue weighted by atomic mass is 9.72. The molecule has 2 N–H and O–H groups in total. The van der Waals surface area contributed by atoms with E-state index in [0.717, 1.165) is 11.3 Å². The van der Waals surface area contributed by atoms with Crippen molar-refractivity contribution in [2.45, 2.75) is 31.6 Å². The molecule has 0 radical (unpaired) electrons. The first-order valence-electron chi connectivity index (χ1n) is 11.7. The predicted octanol–water partition coefficient (Wildman–Crippen LogP) is 5.62. The number of ether oxygens (including phenoxy) is 2. The molecule has 0 unspecified atom stereocenters. The predicted molar refractivity (Wildman–Crippen MR) is 134 cm³/mol. The van der Waals surface area contributed by atoms with Crippen LogP contribution in [0.5, 0.6) is 11.5 Å². The molecule has 6 nitrogen and oxygen atoms in total. The highest BCUT2D eigenvalue weighted by atomic mass is 32.1. The lowest BCUT2D eigenvalue weighted by molar-refractivity contribution is -0.116. The van der Waals surface area contributed by atoms with E-state index in [1.165, 1.54) is 29.1 Å². The van der Waals surface area contributed by atoms with Gasteiger partial charge in [-0.2, -0.15) is 0 Å². The first-order valence-corrected chi connectivity index (χ1v) is 12.6. The number of hydrogen-bond acceptors (Lipinski definition) is 6. The highest BCUT2D eigenvalue weighted by Crippen LogP contribution is 2.47. The molecule has 36 heavy (non-hydrogen) atoms. The number of dihydropyridines is 1. The number of benzene rings is 2. The maximum atomic E-state index is 13.7. The molecule has 3 heterocycles. The number of hydrogen-bond donors (Lipinski definition) is 2. The van der Waals surface area contributed by atoms with Gasteiger partial charge >= 0.3 is 0 Å². The first kappa shape index (κ1) is 22.5. The smallest absolute Gasteiger partial charge is 0.254 e. The van der Waals surface area contributed by atoms with Crippen molar-refractivity contribution < 1.29 is 23.5 Å². The van der Waals surface area contributed by atoms with E-state index >= 15 is 0 Å². The van der Waals surface area contributed by atoms with Crippen LogP contribution in [0.4, 0.5) is 10.1 Å². The number of Topliss-reactive ketones (excluding diaryl/α,β-unsaturated/α-hetero) is 1. The van der Waals surface area contributed by atoms with Gasteiger partial charge in [0, 0.05) is 51.4 Å². The van der Waals surface area contributed by atoms with Crippen LogP contribution in [0.3, 0.4) is 0 Å². The molecular weight excluding hydrogens is 479 g/mol. The maximum absolute atomic E-state index is 13.7. The second kappa shape index (κ2) is 8.95. The van der Waals surface area contributed by atoms with Gasteiger partial charge in [0.25, 0.3) is 5.91 Å². The van der Waals surface area contributed by atoms with Crippen LogP contribution >= 0.6 is 11.3 Å². The number of carbonyl (C=O) groups excluding carboxylic acids is 2. The van der Waals surface area contributed by atoms with E-state index in [1.54, 1.807) is 11.3 Å². The van der Waals surface area contributed by atoms with E-state index in [9.17, 15) is 14.0 Å². The van der Waals surface area contributed by atoms with Gasteiger partial charge in [0.2, 0.25) is 6.79 Å². The van der Waals surface area contributed by atoms with Crippen molar-refractivity contribution in [2.24, 2.45) is 0 Å². The zero-order chi connectivity index (χ0) is 24.8. The number of ketones is 1. The third-order valence-electron chi connectivity index (χ3n) is 6.85. The molecule has 0 spiro atoms. The molecule has 1 aromatic heterocycles. The highest BCUT2D eigenvalue weighted by molar-refractivity contribution is 7.10. The summed E-state index contributed by atoms with van der Waals surface area (Å²) in [5.41, 5.74) is 3.83. The van der Waals surface area contributed by atoms with Crippen molar-refractivity contribution >= 4 is 28.7 Å². The van der Waals surface area contributed by atoms with Gasteiger partial charge in [-0.3, -0.25) is 9.59 Å². The fourth-order valence-electron chi connectivity index (χ4n) is 5.22. The van der Waals surface area contributed by atoms with Crippen LogP contribution < -0.4 is 20.1 Å². The SMILES string of the molecule is CC1=C(C(=O)Nc2ccc(F)cc2)[C@H](c2ccc3c(c2)OCO3)C2=C(C[C@H](c3cccs3)CC2=O)N1. The van der Waals surface area contributed by atoms with Gasteiger partial charge in [0.1, 0.15) is 5.82 Å². The minimum absolute atomic E-state index is 0.0180. The van der Waals surface area contributed by atoms with E-state index in [4.69, 9.17) is 9.47 Å². The van der Waals surface area contributed by atoms with Crippen LogP contribution in [0.2, 0.25) is 0 Å². The van der Waals surface area contributed by atoms with Crippen molar-refractivity contribution in [3.8, 4) is 11.5 Å². The standard InChI is InChI=1S/C28H23FN2O4S/c1-15-25(28(33)31-19-7-5-18(29)6-8-19)26(16-4-9-22-23(13-16)35-14-34-22)27-20(30-15)11-17(12-21(27)32)24-3-2-10-36-24/h2-10,13,17,26,30H,11-12,14H2,1H3,(H,31,33)/t17-,26-/m0/s1. The summed E-state index contributed by atoms with van der Waals surface area (Å²) in [6.07, 6.45) is 1.07. The fourth-order valence-corrected chi connectivity index (χ4v) is 6.05. The molecule has 6 rings (SSSR count).